The van der Waals surface area contributed by atoms with Crippen molar-refractivity contribution in [2.45, 2.75) is 45.1 Å². The Balaban J connectivity index is 1.76. The lowest BCUT2D eigenvalue weighted by atomic mass is 9.96. The van der Waals surface area contributed by atoms with Crippen molar-refractivity contribution in [3.63, 3.8) is 0 Å². The number of hydrazone groups is 1. The predicted molar refractivity (Wildman–Crippen MR) is 84.5 cm³/mol. The van der Waals surface area contributed by atoms with Gasteiger partial charge in [-0.2, -0.15) is 5.10 Å². The summed E-state index contributed by atoms with van der Waals surface area (Å²) in [6.07, 6.45) is 8.16. The summed E-state index contributed by atoms with van der Waals surface area (Å²) in [5.41, 5.74) is 5.19. The molecule has 1 aliphatic rings. The van der Waals surface area contributed by atoms with Crippen molar-refractivity contribution in [1.82, 2.24) is 10.7 Å². The number of hydrogen-bond acceptors (Lipinski definition) is 2. The van der Waals surface area contributed by atoms with Gasteiger partial charge in [-0.05, 0) is 37.5 Å². The molecule has 0 aliphatic heterocycles. The fourth-order valence-corrected chi connectivity index (χ4v) is 2.60. The maximum Gasteiger partial charge on any atom is 0.187 e. The molecule has 1 fully saturated rings. The minimum absolute atomic E-state index is 0.517. The Morgan fingerprint density at radius 2 is 2.11 bits per heavy atom. The minimum atomic E-state index is 0.517. The number of rotatable bonds is 3. The molecule has 2 N–H and O–H groups in total. The molecule has 0 amide bonds. The Kier molecular flexibility index (Phi) is 5.33. The fourth-order valence-electron chi connectivity index (χ4n) is 2.38. The molecule has 1 saturated carbocycles. The van der Waals surface area contributed by atoms with Gasteiger partial charge >= 0.3 is 0 Å². The van der Waals surface area contributed by atoms with Gasteiger partial charge in [0, 0.05) is 6.04 Å². The highest BCUT2D eigenvalue weighted by atomic mass is 32.1. The van der Waals surface area contributed by atoms with E-state index in [2.05, 4.69) is 34.9 Å². The highest BCUT2D eigenvalue weighted by Gasteiger charge is 2.13. The summed E-state index contributed by atoms with van der Waals surface area (Å²) in [6.45, 7) is 2.07. The van der Waals surface area contributed by atoms with Crippen molar-refractivity contribution < 1.29 is 0 Å². The van der Waals surface area contributed by atoms with Gasteiger partial charge in [0.25, 0.3) is 0 Å². The topological polar surface area (TPSA) is 36.4 Å². The number of aryl methyl sites for hydroxylation is 1. The Morgan fingerprint density at radius 1 is 1.32 bits per heavy atom. The predicted octanol–water partition coefficient (Wildman–Crippen LogP) is 3.13. The first-order chi connectivity index (χ1) is 9.24. The van der Waals surface area contributed by atoms with Crippen LogP contribution in [0.25, 0.3) is 0 Å². The quantitative estimate of drug-likeness (QED) is 0.505. The third kappa shape index (κ3) is 4.99. The summed E-state index contributed by atoms with van der Waals surface area (Å²) >= 11 is 5.24. The van der Waals surface area contributed by atoms with Crippen molar-refractivity contribution >= 4 is 23.5 Å². The number of hydrogen-bond donors (Lipinski definition) is 2. The molecule has 0 aromatic heterocycles. The van der Waals surface area contributed by atoms with Crippen molar-refractivity contribution in [1.29, 1.82) is 0 Å². The van der Waals surface area contributed by atoms with Crippen LogP contribution in [0.3, 0.4) is 0 Å². The largest absolute Gasteiger partial charge is 0.359 e. The number of thiocarbonyl (C=S) groups is 1. The first-order valence-electron chi connectivity index (χ1n) is 6.90. The second kappa shape index (κ2) is 7.24. The highest BCUT2D eigenvalue weighted by Crippen LogP contribution is 2.17. The molecule has 1 aromatic rings. The van der Waals surface area contributed by atoms with Gasteiger partial charge in [0.05, 0.1) is 6.21 Å². The zero-order valence-corrected chi connectivity index (χ0v) is 12.2. The third-order valence-electron chi connectivity index (χ3n) is 3.36. The first kappa shape index (κ1) is 14.0. The third-order valence-corrected chi connectivity index (χ3v) is 3.57. The Bertz CT molecular complexity index is 450. The summed E-state index contributed by atoms with van der Waals surface area (Å²) in [5, 5.41) is 8.11. The van der Waals surface area contributed by atoms with E-state index in [0.717, 1.165) is 5.56 Å². The molecule has 0 heterocycles. The molecule has 19 heavy (non-hydrogen) atoms. The highest BCUT2D eigenvalue weighted by molar-refractivity contribution is 7.80. The van der Waals surface area contributed by atoms with Crippen LogP contribution in [0.4, 0.5) is 0 Å². The van der Waals surface area contributed by atoms with Crippen LogP contribution in [-0.4, -0.2) is 17.4 Å². The van der Waals surface area contributed by atoms with Crippen molar-refractivity contribution in [2.24, 2.45) is 5.10 Å². The molecule has 0 unspecified atom stereocenters. The van der Waals surface area contributed by atoms with E-state index < -0.39 is 0 Å². The lowest BCUT2D eigenvalue weighted by molar-refractivity contribution is 0.412. The van der Waals surface area contributed by atoms with Crippen LogP contribution < -0.4 is 10.7 Å². The van der Waals surface area contributed by atoms with Gasteiger partial charge in [-0.1, -0.05) is 49.1 Å². The van der Waals surface area contributed by atoms with E-state index >= 15 is 0 Å². The van der Waals surface area contributed by atoms with E-state index in [1.165, 1.54) is 37.7 Å². The number of nitrogens with zero attached hydrogens (tertiary/aromatic N) is 1. The maximum atomic E-state index is 5.24. The minimum Gasteiger partial charge on any atom is -0.359 e. The van der Waals surface area contributed by atoms with E-state index in [1.807, 2.05) is 12.1 Å². The molecule has 0 saturated heterocycles. The lowest BCUT2D eigenvalue weighted by Crippen LogP contribution is -2.40. The van der Waals surface area contributed by atoms with Crippen LogP contribution in [0.5, 0.6) is 0 Å². The molecule has 3 nitrogen and oxygen atoms in total. The Labute approximate surface area is 120 Å². The average Bonchev–Trinajstić information content (AvgIpc) is 2.40. The second-order valence-corrected chi connectivity index (χ2v) is 5.50. The molecule has 102 valence electrons. The monoisotopic (exact) mass is 275 g/mol. The summed E-state index contributed by atoms with van der Waals surface area (Å²) in [4.78, 5) is 0. The van der Waals surface area contributed by atoms with Crippen LogP contribution in [0.1, 0.15) is 43.2 Å². The first-order valence-corrected chi connectivity index (χ1v) is 7.31. The normalized spacial score (nSPS) is 16.5. The molecular formula is C15H21N3S. The standard InChI is InChI=1S/C15H21N3S/c1-12-6-5-7-13(10-12)11-16-18-15(19)17-14-8-3-2-4-9-14/h5-7,10-11,14H,2-4,8-9H2,1H3,(H2,17,18,19). The van der Waals surface area contributed by atoms with Gasteiger partial charge < -0.3 is 5.32 Å². The molecule has 1 aliphatic carbocycles. The number of nitrogens with one attached hydrogen (secondary N) is 2. The van der Waals surface area contributed by atoms with Gasteiger partial charge in [-0.3, -0.25) is 5.43 Å². The molecule has 0 atom stereocenters. The van der Waals surface area contributed by atoms with E-state index in [1.54, 1.807) is 6.21 Å². The molecule has 0 radical (unpaired) electrons. The van der Waals surface area contributed by atoms with E-state index in [9.17, 15) is 0 Å². The van der Waals surface area contributed by atoms with Crippen LogP contribution >= 0.6 is 12.2 Å². The summed E-state index contributed by atoms with van der Waals surface area (Å²) in [6, 6.07) is 8.72. The van der Waals surface area contributed by atoms with Gasteiger partial charge in [0.1, 0.15) is 0 Å². The molecule has 4 heteroatoms. The number of benzene rings is 1. The molecule has 0 spiro atoms. The maximum absolute atomic E-state index is 5.24. The molecule has 0 bridgehead atoms. The molecule has 2 rings (SSSR count). The van der Waals surface area contributed by atoms with Crippen LogP contribution in [-0.2, 0) is 0 Å². The summed E-state index contributed by atoms with van der Waals surface area (Å²) in [7, 11) is 0. The van der Waals surface area contributed by atoms with Gasteiger partial charge in [0.2, 0.25) is 0 Å². The Hall–Kier alpha value is -1.42. The molecule has 1 aromatic carbocycles. The average molecular weight is 275 g/mol. The SMILES string of the molecule is Cc1cccc(C=NNC(=S)NC2CCCCC2)c1. The van der Waals surface area contributed by atoms with Crippen LogP contribution in [0.2, 0.25) is 0 Å². The summed E-state index contributed by atoms with van der Waals surface area (Å²) < 4.78 is 0. The van der Waals surface area contributed by atoms with Crippen LogP contribution in [0, 0.1) is 6.92 Å². The van der Waals surface area contributed by atoms with E-state index in [-0.39, 0.29) is 0 Å². The van der Waals surface area contributed by atoms with Crippen molar-refractivity contribution in [3.8, 4) is 0 Å². The van der Waals surface area contributed by atoms with Gasteiger partial charge in [-0.15, -0.1) is 0 Å². The fraction of sp³-hybridized carbons (Fsp3) is 0.467. The van der Waals surface area contributed by atoms with Crippen molar-refractivity contribution in [3.05, 3.63) is 35.4 Å². The second-order valence-electron chi connectivity index (χ2n) is 5.09. The lowest BCUT2D eigenvalue weighted by Gasteiger charge is -2.23. The van der Waals surface area contributed by atoms with Crippen LogP contribution in [0.15, 0.2) is 29.4 Å². The van der Waals surface area contributed by atoms with Gasteiger partial charge in [-0.25, -0.2) is 0 Å². The Morgan fingerprint density at radius 3 is 2.84 bits per heavy atom. The smallest absolute Gasteiger partial charge is 0.187 e. The zero-order chi connectivity index (χ0) is 13.5. The summed E-state index contributed by atoms with van der Waals surface area (Å²) in [5.74, 6) is 0. The van der Waals surface area contributed by atoms with E-state index in [4.69, 9.17) is 12.2 Å². The van der Waals surface area contributed by atoms with Crippen molar-refractivity contribution in [2.75, 3.05) is 0 Å². The van der Waals surface area contributed by atoms with E-state index in [0.29, 0.717) is 11.2 Å². The zero-order valence-electron chi connectivity index (χ0n) is 11.4. The molecular weight excluding hydrogens is 254 g/mol. The van der Waals surface area contributed by atoms with Gasteiger partial charge in [0.15, 0.2) is 5.11 Å².